The summed E-state index contributed by atoms with van der Waals surface area (Å²) >= 11 is 3.13. The van der Waals surface area contributed by atoms with Gasteiger partial charge in [0.2, 0.25) is 0 Å². The van der Waals surface area contributed by atoms with Crippen LogP contribution in [0.15, 0.2) is 22.7 Å². The Kier molecular flexibility index (Phi) is 4.61. The van der Waals surface area contributed by atoms with E-state index >= 15 is 0 Å². The maximum atomic E-state index is 12.5. The third-order valence-corrected chi connectivity index (χ3v) is 3.50. The van der Waals surface area contributed by atoms with Crippen molar-refractivity contribution in [2.45, 2.75) is 38.5 Å². The molecule has 1 nitrogen and oxygen atoms in total. The van der Waals surface area contributed by atoms with Crippen molar-refractivity contribution in [3.8, 4) is 0 Å². The van der Waals surface area contributed by atoms with Crippen LogP contribution in [0.25, 0.3) is 0 Å². The van der Waals surface area contributed by atoms with Gasteiger partial charge in [0.25, 0.3) is 0 Å². The molecule has 0 spiro atoms. The van der Waals surface area contributed by atoms with Crippen molar-refractivity contribution in [3.05, 3.63) is 33.8 Å². The number of hydrogen-bond acceptors (Lipinski definition) is 1. The zero-order valence-corrected chi connectivity index (χ0v) is 11.1. The number of benzene rings is 1. The first-order valence-electron chi connectivity index (χ1n) is 5.32. The predicted octanol–water partition coefficient (Wildman–Crippen LogP) is 4.34. The summed E-state index contributed by atoms with van der Waals surface area (Å²) in [4.78, 5) is 0. The molecule has 0 amide bonds. The highest BCUT2D eigenvalue weighted by Crippen LogP contribution is 2.35. The minimum absolute atomic E-state index is 0.198. The molecule has 2 atom stereocenters. The van der Waals surface area contributed by atoms with Gasteiger partial charge in [0.1, 0.15) is 0 Å². The van der Waals surface area contributed by atoms with Crippen LogP contribution in [0, 0.1) is 0 Å². The zero-order valence-electron chi connectivity index (χ0n) is 9.55. The number of alkyl halides is 3. The molecule has 0 saturated carbocycles. The van der Waals surface area contributed by atoms with Crippen LogP contribution in [0.1, 0.15) is 37.3 Å². The Balaban J connectivity index is 3.06. The van der Waals surface area contributed by atoms with Gasteiger partial charge in [-0.25, -0.2) is 0 Å². The van der Waals surface area contributed by atoms with Crippen LogP contribution in [0.3, 0.4) is 0 Å². The maximum Gasteiger partial charge on any atom is 0.416 e. The van der Waals surface area contributed by atoms with Gasteiger partial charge < -0.3 is 5.11 Å². The largest absolute Gasteiger partial charge is 0.416 e. The molecule has 1 N–H and O–H groups in total. The van der Waals surface area contributed by atoms with E-state index in [2.05, 4.69) is 15.9 Å². The molecule has 2 unspecified atom stereocenters. The highest BCUT2D eigenvalue weighted by molar-refractivity contribution is 9.10. The number of hydrogen-bond donors (Lipinski definition) is 1. The summed E-state index contributed by atoms with van der Waals surface area (Å²) < 4.78 is 37.7. The van der Waals surface area contributed by atoms with Crippen molar-refractivity contribution in [2.24, 2.45) is 0 Å². The van der Waals surface area contributed by atoms with Gasteiger partial charge in [0, 0.05) is 10.4 Å². The molecule has 0 radical (unpaired) electrons. The smallest absolute Gasteiger partial charge is 0.393 e. The van der Waals surface area contributed by atoms with Gasteiger partial charge in [-0.2, -0.15) is 13.2 Å². The Labute approximate surface area is 107 Å². The van der Waals surface area contributed by atoms with Gasteiger partial charge in [-0.15, -0.1) is 0 Å². The molecule has 0 heterocycles. The number of aliphatic hydroxyl groups excluding tert-OH is 1. The second kappa shape index (κ2) is 5.40. The molecule has 0 aliphatic rings. The lowest BCUT2D eigenvalue weighted by molar-refractivity contribution is -0.137. The second-order valence-electron chi connectivity index (χ2n) is 4.00. The Morgan fingerprint density at radius 1 is 1.35 bits per heavy atom. The van der Waals surface area contributed by atoms with Gasteiger partial charge >= 0.3 is 6.18 Å². The Morgan fingerprint density at radius 2 is 1.94 bits per heavy atom. The van der Waals surface area contributed by atoms with Crippen LogP contribution in [-0.2, 0) is 6.18 Å². The summed E-state index contributed by atoms with van der Waals surface area (Å²) in [5, 5.41) is 9.69. The molecule has 0 aromatic heterocycles. The molecule has 0 saturated heterocycles. The maximum absolute atomic E-state index is 12.5. The quantitative estimate of drug-likeness (QED) is 0.880. The van der Waals surface area contributed by atoms with E-state index < -0.39 is 17.8 Å². The van der Waals surface area contributed by atoms with Crippen molar-refractivity contribution >= 4 is 15.9 Å². The van der Waals surface area contributed by atoms with Crippen molar-refractivity contribution in [1.82, 2.24) is 0 Å². The molecule has 0 bridgehead atoms. The molecule has 17 heavy (non-hydrogen) atoms. The lowest BCUT2D eigenvalue weighted by atomic mass is 9.93. The topological polar surface area (TPSA) is 20.2 Å². The van der Waals surface area contributed by atoms with Gasteiger partial charge in [-0.05, 0) is 24.1 Å². The van der Waals surface area contributed by atoms with Crippen molar-refractivity contribution in [2.75, 3.05) is 0 Å². The minimum atomic E-state index is -4.34. The van der Waals surface area contributed by atoms with Crippen LogP contribution in [-0.4, -0.2) is 11.2 Å². The van der Waals surface area contributed by atoms with Crippen molar-refractivity contribution in [3.63, 3.8) is 0 Å². The first-order chi connectivity index (χ1) is 7.77. The molecule has 0 aliphatic carbocycles. The van der Waals surface area contributed by atoms with E-state index in [1.54, 1.807) is 6.92 Å². The zero-order chi connectivity index (χ0) is 13.2. The van der Waals surface area contributed by atoms with E-state index in [4.69, 9.17) is 0 Å². The predicted molar refractivity (Wildman–Crippen MR) is 63.9 cm³/mol. The number of rotatable bonds is 3. The van der Waals surface area contributed by atoms with Crippen LogP contribution in [0.4, 0.5) is 13.2 Å². The van der Waals surface area contributed by atoms with E-state index in [1.165, 1.54) is 6.07 Å². The Hall–Kier alpha value is -0.550. The highest BCUT2D eigenvalue weighted by Gasteiger charge is 2.31. The third-order valence-electron chi connectivity index (χ3n) is 2.81. The average Bonchev–Trinajstić information content (AvgIpc) is 2.25. The summed E-state index contributed by atoms with van der Waals surface area (Å²) in [6, 6.07) is 3.50. The summed E-state index contributed by atoms with van der Waals surface area (Å²) in [5.74, 6) is -0.198. The van der Waals surface area contributed by atoms with Crippen molar-refractivity contribution < 1.29 is 18.3 Å². The van der Waals surface area contributed by atoms with Gasteiger partial charge in [0.15, 0.2) is 0 Å². The van der Waals surface area contributed by atoms with E-state index in [0.717, 1.165) is 12.1 Å². The summed E-state index contributed by atoms with van der Waals surface area (Å²) in [6.07, 6.45) is -4.33. The molecule has 96 valence electrons. The summed E-state index contributed by atoms with van der Waals surface area (Å²) in [6.45, 7) is 3.63. The molecule has 0 aliphatic heterocycles. The Morgan fingerprint density at radius 3 is 2.35 bits per heavy atom. The molecule has 1 aromatic carbocycles. The monoisotopic (exact) mass is 310 g/mol. The van der Waals surface area contributed by atoms with Gasteiger partial charge in [0.05, 0.1) is 11.7 Å². The van der Waals surface area contributed by atoms with Crippen LogP contribution in [0.2, 0.25) is 0 Å². The normalized spacial score (nSPS) is 15.7. The lowest BCUT2D eigenvalue weighted by Crippen LogP contribution is -2.15. The third kappa shape index (κ3) is 3.45. The molecular weight excluding hydrogens is 297 g/mol. The highest BCUT2D eigenvalue weighted by atomic mass is 79.9. The van der Waals surface area contributed by atoms with Crippen molar-refractivity contribution in [1.29, 1.82) is 0 Å². The van der Waals surface area contributed by atoms with Gasteiger partial charge in [-0.1, -0.05) is 35.8 Å². The fraction of sp³-hybridized carbons (Fsp3) is 0.500. The molecular formula is C12H14BrF3O. The average molecular weight is 311 g/mol. The summed E-state index contributed by atoms with van der Waals surface area (Å²) in [7, 11) is 0. The van der Waals surface area contributed by atoms with Crippen LogP contribution < -0.4 is 0 Å². The number of aliphatic hydroxyl groups is 1. The fourth-order valence-electron chi connectivity index (χ4n) is 1.63. The minimum Gasteiger partial charge on any atom is -0.393 e. The SMILES string of the molecule is CCC(O)C(C)c1ccc(C(F)(F)F)cc1Br. The Bertz CT molecular complexity index is 390. The molecule has 1 aromatic rings. The first-order valence-corrected chi connectivity index (χ1v) is 6.11. The molecule has 1 rings (SSSR count). The van der Waals surface area contributed by atoms with Gasteiger partial charge in [-0.3, -0.25) is 0 Å². The van der Waals surface area contributed by atoms with E-state index in [0.29, 0.717) is 16.5 Å². The van der Waals surface area contributed by atoms with Crippen LogP contribution >= 0.6 is 15.9 Å². The van der Waals surface area contributed by atoms with Crippen LogP contribution in [0.5, 0.6) is 0 Å². The van der Waals surface area contributed by atoms with E-state index in [9.17, 15) is 18.3 Å². The standard InChI is InChI=1S/C12H14BrF3O/c1-3-11(17)7(2)9-5-4-8(6-10(9)13)12(14,15)16/h4-7,11,17H,3H2,1-2H3. The fourth-order valence-corrected chi connectivity index (χ4v) is 2.37. The summed E-state index contributed by atoms with van der Waals surface area (Å²) in [5.41, 5.74) is -0.00124. The second-order valence-corrected chi connectivity index (χ2v) is 4.85. The number of halogens is 4. The first kappa shape index (κ1) is 14.5. The van der Waals surface area contributed by atoms with E-state index in [1.807, 2.05) is 6.92 Å². The molecule has 0 fully saturated rings. The lowest BCUT2D eigenvalue weighted by Gasteiger charge is -2.20. The van der Waals surface area contributed by atoms with E-state index in [-0.39, 0.29) is 5.92 Å². The molecule has 5 heteroatoms.